The van der Waals surface area contributed by atoms with E-state index in [-0.39, 0.29) is 12.3 Å². The normalized spacial score (nSPS) is 10.9. The zero-order valence-electron chi connectivity index (χ0n) is 19.9. The first-order valence-electron chi connectivity index (χ1n) is 11.1. The second kappa shape index (κ2) is 10.1. The number of aromatic nitrogens is 2. The Morgan fingerprint density at radius 2 is 1.58 bits per heavy atom. The number of anilines is 1. The minimum absolute atomic E-state index is 0.136. The van der Waals surface area contributed by atoms with Crippen LogP contribution in [0, 0.1) is 0 Å². The number of fused-ring (bicyclic) bond motifs is 2. The van der Waals surface area contributed by atoms with Crippen molar-refractivity contribution < 1.29 is 23.7 Å². The lowest BCUT2D eigenvalue weighted by Crippen LogP contribution is -2.14. The van der Waals surface area contributed by atoms with Crippen LogP contribution in [-0.4, -0.2) is 37.2 Å². The van der Waals surface area contributed by atoms with Crippen LogP contribution in [0.5, 0.6) is 28.7 Å². The summed E-state index contributed by atoms with van der Waals surface area (Å²) in [5, 5.41) is 4.22. The highest BCUT2D eigenvalue weighted by Gasteiger charge is 2.13. The molecule has 0 atom stereocenters. The summed E-state index contributed by atoms with van der Waals surface area (Å²) in [6.45, 7) is 0. The molecule has 3 aromatic carbocycles. The first-order valence-corrected chi connectivity index (χ1v) is 11.9. The molecule has 9 heteroatoms. The van der Waals surface area contributed by atoms with Crippen molar-refractivity contribution in [3.05, 3.63) is 72.4 Å². The van der Waals surface area contributed by atoms with Gasteiger partial charge in [0.05, 0.1) is 43.5 Å². The maximum atomic E-state index is 12.5. The fraction of sp³-hybridized carbons (Fsp3) is 0.148. The van der Waals surface area contributed by atoms with Crippen LogP contribution >= 0.6 is 11.3 Å². The number of hydrogen-bond acceptors (Lipinski definition) is 8. The summed E-state index contributed by atoms with van der Waals surface area (Å²) in [6, 6.07) is 18.5. The van der Waals surface area contributed by atoms with Crippen LogP contribution in [-0.2, 0) is 11.2 Å². The summed E-state index contributed by atoms with van der Waals surface area (Å²) in [5.74, 6) is 3.09. The molecule has 0 unspecified atom stereocenters. The van der Waals surface area contributed by atoms with E-state index < -0.39 is 0 Å². The Hall–Kier alpha value is -4.37. The monoisotopic (exact) mass is 501 g/mol. The molecule has 2 heterocycles. The molecule has 0 spiro atoms. The van der Waals surface area contributed by atoms with Crippen LogP contribution in [0.25, 0.3) is 21.1 Å². The highest BCUT2D eigenvalue weighted by atomic mass is 32.1. The Balaban J connectivity index is 1.34. The SMILES string of the molecule is COc1ccc(CC(=O)Nc2nc3ccc(Oc4ccnc5cc(OC)c(OC)cc45)cc3s2)cc1. The molecular weight excluding hydrogens is 478 g/mol. The lowest BCUT2D eigenvalue weighted by atomic mass is 10.1. The molecule has 0 bridgehead atoms. The molecule has 1 N–H and O–H groups in total. The van der Waals surface area contributed by atoms with Gasteiger partial charge in [0.15, 0.2) is 16.6 Å². The first-order chi connectivity index (χ1) is 17.6. The van der Waals surface area contributed by atoms with E-state index in [2.05, 4.69) is 15.3 Å². The number of pyridine rings is 1. The average Bonchev–Trinajstić information content (AvgIpc) is 3.29. The van der Waals surface area contributed by atoms with Crippen LogP contribution in [0.3, 0.4) is 0 Å². The number of nitrogens with zero attached hydrogens (tertiary/aromatic N) is 2. The van der Waals surface area contributed by atoms with Crippen LogP contribution in [0.2, 0.25) is 0 Å². The molecule has 1 amide bonds. The number of amides is 1. The number of hydrogen-bond donors (Lipinski definition) is 1. The molecule has 0 aliphatic heterocycles. The van der Waals surface area contributed by atoms with Gasteiger partial charge in [0, 0.05) is 23.7 Å². The number of benzene rings is 3. The summed E-state index contributed by atoms with van der Waals surface area (Å²) in [7, 11) is 4.79. The van der Waals surface area contributed by atoms with Gasteiger partial charge in [0.1, 0.15) is 17.2 Å². The molecule has 0 radical (unpaired) electrons. The summed E-state index contributed by atoms with van der Waals surface area (Å²) >= 11 is 1.39. The number of carbonyl (C=O) groups is 1. The maximum absolute atomic E-state index is 12.5. The largest absolute Gasteiger partial charge is 0.497 e. The maximum Gasteiger partial charge on any atom is 0.230 e. The molecule has 5 rings (SSSR count). The number of rotatable bonds is 8. The summed E-state index contributed by atoms with van der Waals surface area (Å²) in [4.78, 5) is 21.5. The second-order valence-corrected chi connectivity index (χ2v) is 8.89. The van der Waals surface area contributed by atoms with Gasteiger partial charge < -0.3 is 24.3 Å². The zero-order chi connectivity index (χ0) is 25.1. The lowest BCUT2D eigenvalue weighted by Gasteiger charge is -2.12. The highest BCUT2D eigenvalue weighted by Crippen LogP contribution is 2.38. The first kappa shape index (κ1) is 23.4. The highest BCUT2D eigenvalue weighted by molar-refractivity contribution is 7.22. The van der Waals surface area contributed by atoms with Gasteiger partial charge in [-0.15, -0.1) is 0 Å². The van der Waals surface area contributed by atoms with Crippen molar-refractivity contribution in [3.63, 3.8) is 0 Å². The Morgan fingerprint density at radius 3 is 2.33 bits per heavy atom. The number of methoxy groups -OCH3 is 3. The molecular formula is C27H23N3O5S. The fourth-order valence-corrected chi connectivity index (χ4v) is 4.69. The predicted octanol–water partition coefficient (Wildman–Crippen LogP) is 5.84. The number of nitrogens with one attached hydrogen (secondary N) is 1. The Kier molecular flexibility index (Phi) is 6.55. The third-order valence-electron chi connectivity index (χ3n) is 5.56. The molecule has 0 aliphatic rings. The summed E-state index contributed by atoms with van der Waals surface area (Å²) in [6.07, 6.45) is 1.93. The van der Waals surface area contributed by atoms with E-state index in [1.165, 1.54) is 11.3 Å². The summed E-state index contributed by atoms with van der Waals surface area (Å²) in [5.41, 5.74) is 2.40. The third-order valence-corrected chi connectivity index (χ3v) is 6.50. The van der Waals surface area contributed by atoms with Crippen molar-refractivity contribution in [2.45, 2.75) is 6.42 Å². The summed E-state index contributed by atoms with van der Waals surface area (Å²) < 4.78 is 23.1. The van der Waals surface area contributed by atoms with Gasteiger partial charge in [-0.2, -0.15) is 0 Å². The third kappa shape index (κ3) is 4.87. The molecule has 2 aromatic heterocycles. The van der Waals surface area contributed by atoms with Crippen LogP contribution < -0.4 is 24.3 Å². The quantitative estimate of drug-likeness (QED) is 0.285. The van der Waals surface area contributed by atoms with Crippen molar-refractivity contribution in [1.82, 2.24) is 9.97 Å². The van der Waals surface area contributed by atoms with Crippen LogP contribution in [0.4, 0.5) is 5.13 Å². The van der Waals surface area contributed by atoms with E-state index >= 15 is 0 Å². The van der Waals surface area contributed by atoms with Gasteiger partial charge in [-0.1, -0.05) is 23.5 Å². The van der Waals surface area contributed by atoms with Gasteiger partial charge in [-0.3, -0.25) is 9.78 Å². The molecule has 0 aliphatic carbocycles. The Bertz CT molecular complexity index is 1550. The predicted molar refractivity (Wildman–Crippen MR) is 140 cm³/mol. The van der Waals surface area contributed by atoms with E-state index in [1.54, 1.807) is 33.6 Å². The minimum Gasteiger partial charge on any atom is -0.497 e. The topological polar surface area (TPSA) is 91.8 Å². The van der Waals surface area contributed by atoms with Crippen molar-refractivity contribution >= 4 is 43.5 Å². The minimum atomic E-state index is -0.136. The molecule has 5 aromatic rings. The fourth-order valence-electron chi connectivity index (χ4n) is 3.78. The molecule has 182 valence electrons. The Morgan fingerprint density at radius 1 is 0.833 bits per heavy atom. The number of thiazole rings is 1. The molecule has 0 saturated heterocycles. The van der Waals surface area contributed by atoms with E-state index in [9.17, 15) is 4.79 Å². The molecule has 0 saturated carbocycles. The lowest BCUT2D eigenvalue weighted by molar-refractivity contribution is -0.115. The van der Waals surface area contributed by atoms with Gasteiger partial charge in [0.2, 0.25) is 5.91 Å². The van der Waals surface area contributed by atoms with Crippen molar-refractivity contribution in [2.24, 2.45) is 0 Å². The van der Waals surface area contributed by atoms with Crippen LogP contribution in [0.15, 0.2) is 66.9 Å². The van der Waals surface area contributed by atoms with Gasteiger partial charge in [-0.25, -0.2) is 4.98 Å². The molecule has 36 heavy (non-hydrogen) atoms. The molecule has 0 fully saturated rings. The van der Waals surface area contributed by atoms with Gasteiger partial charge in [-0.05, 0) is 42.0 Å². The number of carbonyl (C=O) groups excluding carboxylic acids is 1. The second-order valence-electron chi connectivity index (χ2n) is 7.86. The smallest absolute Gasteiger partial charge is 0.230 e. The average molecular weight is 502 g/mol. The van der Waals surface area contributed by atoms with E-state index in [0.717, 1.165) is 32.4 Å². The van der Waals surface area contributed by atoms with Crippen molar-refractivity contribution in [1.29, 1.82) is 0 Å². The van der Waals surface area contributed by atoms with E-state index in [0.29, 0.717) is 28.1 Å². The zero-order valence-corrected chi connectivity index (χ0v) is 20.7. The Labute approximate surface area is 211 Å². The molecule has 8 nitrogen and oxygen atoms in total. The number of ether oxygens (including phenoxy) is 4. The van der Waals surface area contributed by atoms with Crippen molar-refractivity contribution in [3.8, 4) is 28.7 Å². The van der Waals surface area contributed by atoms with Gasteiger partial charge >= 0.3 is 0 Å². The van der Waals surface area contributed by atoms with Crippen molar-refractivity contribution in [2.75, 3.05) is 26.6 Å². The van der Waals surface area contributed by atoms with E-state index in [4.69, 9.17) is 18.9 Å². The standard InChI is InChI=1S/C27H23N3O5S/c1-32-17-6-4-16(5-7-17)12-26(31)30-27-29-20-9-8-18(13-25(20)36-27)35-22-10-11-28-21-15-24(34-3)23(33-2)14-19(21)22/h4-11,13-15H,12H2,1-3H3,(H,29,30,31). The van der Waals surface area contributed by atoms with E-state index in [1.807, 2.05) is 54.6 Å². The van der Waals surface area contributed by atoms with Gasteiger partial charge in [0.25, 0.3) is 0 Å². The van der Waals surface area contributed by atoms with Crippen LogP contribution in [0.1, 0.15) is 5.56 Å².